The highest BCUT2D eigenvalue weighted by molar-refractivity contribution is 5.38. The maximum Gasteiger partial charge on any atom is 0.230 e. The Morgan fingerprint density at radius 3 is 3.00 bits per heavy atom. The zero-order chi connectivity index (χ0) is 9.26. The zero-order valence-corrected chi connectivity index (χ0v) is 7.27. The van der Waals surface area contributed by atoms with Gasteiger partial charge in [-0.15, -0.1) is 0 Å². The number of nitrogens with two attached hydrogens (primary N) is 1. The van der Waals surface area contributed by atoms with Crippen LogP contribution >= 0.6 is 0 Å². The van der Waals surface area contributed by atoms with E-state index in [9.17, 15) is 0 Å². The molecule has 0 saturated carbocycles. The number of aromatic nitrogens is 3. The fourth-order valence-electron chi connectivity index (χ4n) is 1.18. The molecule has 2 rings (SSSR count). The Kier molecular flexibility index (Phi) is 1.86. The first-order valence-corrected chi connectivity index (χ1v) is 3.91. The first-order valence-electron chi connectivity index (χ1n) is 3.91. The Balaban J connectivity index is 2.64. The number of hydrogen-bond acceptors (Lipinski definition) is 4. The van der Waals surface area contributed by atoms with Crippen molar-refractivity contribution in [2.75, 3.05) is 7.11 Å². The smallest absolute Gasteiger partial charge is 0.230 e. The molecule has 2 aromatic rings. The number of fused-ring (bicyclic) bond motifs is 1. The Morgan fingerprint density at radius 2 is 2.31 bits per heavy atom. The van der Waals surface area contributed by atoms with E-state index >= 15 is 0 Å². The van der Waals surface area contributed by atoms with Gasteiger partial charge in [0.15, 0.2) is 5.65 Å². The van der Waals surface area contributed by atoms with Crippen LogP contribution in [0.5, 0.6) is 5.88 Å². The first-order chi connectivity index (χ1) is 6.35. The van der Waals surface area contributed by atoms with Gasteiger partial charge in [0.2, 0.25) is 5.88 Å². The zero-order valence-electron chi connectivity index (χ0n) is 7.27. The summed E-state index contributed by atoms with van der Waals surface area (Å²) in [5.74, 6) is 0.556. The van der Waals surface area contributed by atoms with Crippen LogP contribution in [0.4, 0.5) is 0 Å². The highest BCUT2D eigenvalue weighted by atomic mass is 16.5. The van der Waals surface area contributed by atoms with E-state index < -0.39 is 0 Å². The molecule has 5 heteroatoms. The molecule has 0 unspecified atom stereocenters. The van der Waals surface area contributed by atoms with Crippen LogP contribution in [0.25, 0.3) is 5.65 Å². The molecule has 0 bridgehead atoms. The van der Waals surface area contributed by atoms with Crippen molar-refractivity contribution in [2.24, 2.45) is 5.73 Å². The molecular formula is C8H10N4O. The van der Waals surface area contributed by atoms with Crippen molar-refractivity contribution in [3.05, 3.63) is 24.3 Å². The summed E-state index contributed by atoms with van der Waals surface area (Å²) >= 11 is 0. The van der Waals surface area contributed by atoms with Crippen LogP contribution in [-0.4, -0.2) is 21.5 Å². The van der Waals surface area contributed by atoms with Crippen LogP contribution in [0.3, 0.4) is 0 Å². The van der Waals surface area contributed by atoms with Crippen LogP contribution in [-0.2, 0) is 6.54 Å². The summed E-state index contributed by atoms with van der Waals surface area (Å²) in [4.78, 5) is 8.16. The lowest BCUT2D eigenvalue weighted by Gasteiger charge is -2.00. The number of imidazole rings is 1. The number of nitrogens with zero attached hydrogens (tertiary/aromatic N) is 3. The molecule has 0 amide bonds. The summed E-state index contributed by atoms with van der Waals surface area (Å²) < 4.78 is 6.86. The van der Waals surface area contributed by atoms with Gasteiger partial charge in [0.25, 0.3) is 0 Å². The lowest BCUT2D eigenvalue weighted by Crippen LogP contribution is -2.01. The van der Waals surface area contributed by atoms with Crippen LogP contribution in [0.15, 0.2) is 18.6 Å². The molecule has 13 heavy (non-hydrogen) atoms. The van der Waals surface area contributed by atoms with Gasteiger partial charge < -0.3 is 10.5 Å². The van der Waals surface area contributed by atoms with E-state index in [1.54, 1.807) is 25.7 Å². The Labute approximate surface area is 75.2 Å². The van der Waals surface area contributed by atoms with E-state index in [4.69, 9.17) is 10.5 Å². The normalized spacial score (nSPS) is 10.6. The van der Waals surface area contributed by atoms with Crippen molar-refractivity contribution in [3.8, 4) is 5.88 Å². The van der Waals surface area contributed by atoms with Gasteiger partial charge in [-0.05, 0) is 0 Å². The van der Waals surface area contributed by atoms with Crippen molar-refractivity contribution >= 4 is 5.65 Å². The minimum Gasteiger partial charge on any atom is -0.480 e. The summed E-state index contributed by atoms with van der Waals surface area (Å²) in [6, 6.07) is 0. The molecule has 5 nitrogen and oxygen atoms in total. The van der Waals surface area contributed by atoms with Crippen molar-refractivity contribution in [3.63, 3.8) is 0 Å². The molecule has 0 aliphatic carbocycles. The average molecular weight is 178 g/mol. The van der Waals surface area contributed by atoms with Gasteiger partial charge in [-0.1, -0.05) is 0 Å². The van der Waals surface area contributed by atoms with Gasteiger partial charge in [-0.3, -0.25) is 4.40 Å². The van der Waals surface area contributed by atoms with E-state index in [2.05, 4.69) is 9.97 Å². The fourth-order valence-corrected chi connectivity index (χ4v) is 1.18. The van der Waals surface area contributed by atoms with Crippen molar-refractivity contribution in [1.29, 1.82) is 0 Å². The van der Waals surface area contributed by atoms with Crippen molar-refractivity contribution in [1.82, 2.24) is 14.4 Å². The van der Waals surface area contributed by atoms with Gasteiger partial charge in [0, 0.05) is 6.54 Å². The first kappa shape index (κ1) is 8.00. The Hall–Kier alpha value is -1.62. The third-order valence-electron chi connectivity index (χ3n) is 1.87. The molecule has 2 aromatic heterocycles. The maximum absolute atomic E-state index is 5.53. The number of rotatable bonds is 2. The van der Waals surface area contributed by atoms with E-state index in [0.717, 1.165) is 11.3 Å². The summed E-state index contributed by atoms with van der Waals surface area (Å²) in [5, 5.41) is 0. The summed E-state index contributed by atoms with van der Waals surface area (Å²) in [6.45, 7) is 0.453. The van der Waals surface area contributed by atoms with Gasteiger partial charge >= 0.3 is 0 Å². The van der Waals surface area contributed by atoms with E-state index in [1.807, 2.05) is 4.40 Å². The molecule has 0 aliphatic rings. The van der Waals surface area contributed by atoms with E-state index in [0.29, 0.717) is 12.4 Å². The van der Waals surface area contributed by atoms with Crippen molar-refractivity contribution < 1.29 is 4.74 Å². The molecule has 0 aliphatic heterocycles. The fraction of sp³-hybridized carbons (Fsp3) is 0.250. The molecule has 0 radical (unpaired) electrons. The lowest BCUT2D eigenvalue weighted by molar-refractivity contribution is 0.395. The molecule has 0 saturated heterocycles. The van der Waals surface area contributed by atoms with E-state index in [-0.39, 0.29) is 0 Å². The molecule has 2 heterocycles. The molecular weight excluding hydrogens is 168 g/mol. The molecule has 0 spiro atoms. The van der Waals surface area contributed by atoms with Crippen LogP contribution in [0.1, 0.15) is 5.69 Å². The largest absolute Gasteiger partial charge is 0.480 e. The van der Waals surface area contributed by atoms with Crippen LogP contribution < -0.4 is 10.5 Å². The van der Waals surface area contributed by atoms with Gasteiger partial charge in [0.1, 0.15) is 0 Å². The second kappa shape index (κ2) is 3.02. The predicted octanol–water partition coefficient (Wildman–Crippen LogP) is 0.197. The number of ether oxygens (including phenoxy) is 1. The molecule has 0 atom stereocenters. The third-order valence-corrected chi connectivity index (χ3v) is 1.87. The molecule has 0 fully saturated rings. The SMILES string of the molecule is COc1cn2c(CN)cnc2cn1. The Bertz CT molecular complexity index is 423. The second-order valence-electron chi connectivity index (χ2n) is 2.61. The topological polar surface area (TPSA) is 65.4 Å². The number of methoxy groups -OCH3 is 1. The second-order valence-corrected chi connectivity index (χ2v) is 2.61. The summed E-state index contributed by atoms with van der Waals surface area (Å²) in [6.07, 6.45) is 5.15. The van der Waals surface area contributed by atoms with Crippen LogP contribution in [0, 0.1) is 0 Å². The third kappa shape index (κ3) is 1.23. The Morgan fingerprint density at radius 1 is 1.46 bits per heavy atom. The van der Waals surface area contributed by atoms with Gasteiger partial charge in [-0.2, -0.15) is 0 Å². The maximum atomic E-state index is 5.53. The average Bonchev–Trinajstić information content (AvgIpc) is 2.59. The highest BCUT2D eigenvalue weighted by Gasteiger charge is 2.02. The quantitative estimate of drug-likeness (QED) is 0.713. The number of hydrogen-bond donors (Lipinski definition) is 1. The highest BCUT2D eigenvalue weighted by Crippen LogP contribution is 2.10. The standard InChI is InChI=1S/C8H10N4O/c1-13-8-5-12-6(2-9)3-10-7(12)4-11-8/h3-5H,2,9H2,1H3. The molecule has 68 valence electrons. The summed E-state index contributed by atoms with van der Waals surface area (Å²) in [7, 11) is 1.58. The molecule has 2 N–H and O–H groups in total. The minimum absolute atomic E-state index is 0.453. The summed E-state index contributed by atoms with van der Waals surface area (Å²) in [5.41, 5.74) is 7.25. The monoisotopic (exact) mass is 178 g/mol. The lowest BCUT2D eigenvalue weighted by atomic mass is 10.5. The van der Waals surface area contributed by atoms with Crippen molar-refractivity contribution in [2.45, 2.75) is 6.54 Å². The minimum atomic E-state index is 0.453. The predicted molar refractivity (Wildman–Crippen MR) is 47.4 cm³/mol. The van der Waals surface area contributed by atoms with Gasteiger partial charge in [-0.25, -0.2) is 9.97 Å². The van der Waals surface area contributed by atoms with Gasteiger partial charge in [0.05, 0.1) is 31.4 Å². The molecule has 0 aromatic carbocycles. The van der Waals surface area contributed by atoms with Crippen LogP contribution in [0.2, 0.25) is 0 Å². The van der Waals surface area contributed by atoms with E-state index in [1.165, 1.54) is 0 Å².